The van der Waals surface area contributed by atoms with Crippen LogP contribution in [0.5, 0.6) is 0 Å². The van der Waals surface area contributed by atoms with E-state index in [9.17, 15) is 4.79 Å². The molecule has 24 heavy (non-hydrogen) atoms. The van der Waals surface area contributed by atoms with E-state index in [2.05, 4.69) is 10.3 Å². The lowest BCUT2D eigenvalue weighted by Crippen LogP contribution is -2.14. The van der Waals surface area contributed by atoms with Gasteiger partial charge in [-0.3, -0.25) is 4.79 Å². The van der Waals surface area contributed by atoms with Crippen LogP contribution in [-0.2, 0) is 11.2 Å². The molecule has 0 unspecified atom stereocenters. The van der Waals surface area contributed by atoms with Crippen molar-refractivity contribution in [2.45, 2.75) is 20.3 Å². The number of rotatable bonds is 4. The fourth-order valence-corrected chi connectivity index (χ4v) is 3.53. The molecule has 0 saturated heterocycles. The molecule has 0 aliphatic heterocycles. The van der Waals surface area contributed by atoms with Crippen molar-refractivity contribution < 1.29 is 4.79 Å². The normalized spacial score (nSPS) is 10.6. The zero-order valence-corrected chi connectivity index (χ0v) is 15.0. The minimum Gasteiger partial charge on any atom is -0.325 e. The number of benzene rings is 2. The predicted octanol–water partition coefficient (Wildman–Crippen LogP) is 5.26. The van der Waals surface area contributed by atoms with E-state index in [-0.39, 0.29) is 12.3 Å². The topological polar surface area (TPSA) is 42.0 Å². The van der Waals surface area contributed by atoms with Crippen molar-refractivity contribution in [2.75, 3.05) is 5.32 Å². The van der Waals surface area contributed by atoms with Crippen LogP contribution in [0, 0.1) is 13.8 Å². The molecule has 3 aromatic rings. The number of aromatic nitrogens is 1. The molecule has 0 saturated carbocycles. The molecule has 1 aromatic heterocycles. The number of amides is 1. The summed E-state index contributed by atoms with van der Waals surface area (Å²) in [6.45, 7) is 3.99. The number of thiazole rings is 1. The van der Waals surface area contributed by atoms with Gasteiger partial charge in [0.05, 0.1) is 12.1 Å². The molecule has 0 atom stereocenters. The van der Waals surface area contributed by atoms with Crippen LogP contribution in [0.25, 0.3) is 11.3 Å². The van der Waals surface area contributed by atoms with E-state index >= 15 is 0 Å². The highest BCUT2D eigenvalue weighted by Gasteiger charge is 2.13. The first-order valence-electron chi connectivity index (χ1n) is 7.60. The SMILES string of the molecule is Cc1ccccc1NC(=O)Cc1nc(-c2ccc(Cl)cc2)c(C)s1. The second kappa shape index (κ2) is 7.16. The first-order valence-corrected chi connectivity index (χ1v) is 8.80. The molecular weight excluding hydrogens is 340 g/mol. The van der Waals surface area contributed by atoms with E-state index in [4.69, 9.17) is 11.6 Å². The fourth-order valence-electron chi connectivity index (χ4n) is 2.45. The lowest BCUT2D eigenvalue weighted by Gasteiger charge is -2.06. The third-order valence-corrected chi connectivity index (χ3v) is 4.91. The second-order valence-corrected chi connectivity index (χ2v) is 7.28. The highest BCUT2D eigenvalue weighted by Crippen LogP contribution is 2.28. The Bertz CT molecular complexity index is 871. The quantitative estimate of drug-likeness (QED) is 0.692. The zero-order chi connectivity index (χ0) is 17.1. The van der Waals surface area contributed by atoms with Crippen LogP contribution < -0.4 is 5.32 Å². The average molecular weight is 357 g/mol. The Morgan fingerprint density at radius 1 is 1.12 bits per heavy atom. The van der Waals surface area contributed by atoms with E-state index < -0.39 is 0 Å². The third-order valence-electron chi connectivity index (χ3n) is 3.69. The van der Waals surface area contributed by atoms with Crippen molar-refractivity contribution in [1.29, 1.82) is 0 Å². The van der Waals surface area contributed by atoms with Crippen molar-refractivity contribution in [1.82, 2.24) is 4.98 Å². The van der Waals surface area contributed by atoms with Crippen LogP contribution in [0.4, 0.5) is 5.69 Å². The van der Waals surface area contributed by atoms with Crippen molar-refractivity contribution in [3.8, 4) is 11.3 Å². The summed E-state index contributed by atoms with van der Waals surface area (Å²) in [6.07, 6.45) is 0.271. The molecule has 122 valence electrons. The second-order valence-electron chi connectivity index (χ2n) is 5.56. The van der Waals surface area contributed by atoms with E-state index in [1.165, 1.54) is 0 Å². The lowest BCUT2D eigenvalue weighted by molar-refractivity contribution is -0.115. The number of para-hydroxylation sites is 1. The van der Waals surface area contributed by atoms with Crippen LogP contribution in [-0.4, -0.2) is 10.9 Å². The number of halogens is 1. The number of aryl methyl sites for hydroxylation is 2. The van der Waals surface area contributed by atoms with Gasteiger partial charge in [-0.25, -0.2) is 4.98 Å². The Morgan fingerprint density at radius 3 is 2.54 bits per heavy atom. The zero-order valence-electron chi connectivity index (χ0n) is 13.5. The number of nitrogens with one attached hydrogen (secondary N) is 1. The molecule has 2 aromatic carbocycles. The van der Waals surface area contributed by atoms with Crippen molar-refractivity contribution >= 4 is 34.5 Å². The highest BCUT2D eigenvalue weighted by molar-refractivity contribution is 7.12. The summed E-state index contributed by atoms with van der Waals surface area (Å²) in [5.74, 6) is -0.0549. The van der Waals surface area contributed by atoms with Gasteiger partial charge in [0.2, 0.25) is 5.91 Å². The smallest absolute Gasteiger partial charge is 0.231 e. The summed E-state index contributed by atoms with van der Waals surface area (Å²) in [7, 11) is 0. The van der Waals surface area contributed by atoms with Crippen LogP contribution in [0.3, 0.4) is 0 Å². The van der Waals surface area contributed by atoms with Gasteiger partial charge >= 0.3 is 0 Å². The number of carbonyl (C=O) groups excluding carboxylic acids is 1. The first kappa shape index (κ1) is 16.7. The average Bonchev–Trinajstić information content (AvgIpc) is 2.90. The Kier molecular flexibility index (Phi) is 4.97. The maximum absolute atomic E-state index is 12.3. The van der Waals surface area contributed by atoms with E-state index in [0.717, 1.165) is 32.4 Å². The first-order chi connectivity index (χ1) is 11.5. The lowest BCUT2D eigenvalue weighted by atomic mass is 10.1. The van der Waals surface area contributed by atoms with Gasteiger partial charge < -0.3 is 5.32 Å². The number of carbonyl (C=O) groups is 1. The molecule has 1 N–H and O–H groups in total. The summed E-state index contributed by atoms with van der Waals surface area (Å²) in [4.78, 5) is 18.0. The van der Waals surface area contributed by atoms with Gasteiger partial charge in [0.1, 0.15) is 5.01 Å². The van der Waals surface area contributed by atoms with E-state index in [0.29, 0.717) is 5.02 Å². The van der Waals surface area contributed by atoms with Gasteiger partial charge in [-0.2, -0.15) is 0 Å². The van der Waals surface area contributed by atoms with Gasteiger partial charge in [-0.1, -0.05) is 41.9 Å². The molecule has 5 heteroatoms. The molecule has 0 bridgehead atoms. The summed E-state index contributed by atoms with van der Waals surface area (Å²) in [5, 5.41) is 4.45. The van der Waals surface area contributed by atoms with Crippen molar-refractivity contribution in [3.63, 3.8) is 0 Å². The van der Waals surface area contributed by atoms with Crippen LogP contribution in [0.2, 0.25) is 5.02 Å². The van der Waals surface area contributed by atoms with E-state index in [1.807, 2.05) is 62.4 Å². The van der Waals surface area contributed by atoms with Crippen molar-refractivity contribution in [2.24, 2.45) is 0 Å². The number of hydrogen-bond acceptors (Lipinski definition) is 3. The molecule has 0 aliphatic carbocycles. The van der Waals surface area contributed by atoms with Gasteiger partial charge in [0.25, 0.3) is 0 Å². The van der Waals surface area contributed by atoms with Gasteiger partial charge in [0, 0.05) is 21.2 Å². The summed E-state index contributed by atoms with van der Waals surface area (Å²) >= 11 is 7.48. The van der Waals surface area contributed by atoms with E-state index in [1.54, 1.807) is 11.3 Å². The summed E-state index contributed by atoms with van der Waals surface area (Å²) in [5.41, 5.74) is 3.81. The maximum atomic E-state index is 12.3. The Labute approximate surface area is 150 Å². The molecular formula is C19H17ClN2OS. The molecule has 0 radical (unpaired) electrons. The highest BCUT2D eigenvalue weighted by atomic mass is 35.5. The Morgan fingerprint density at radius 2 is 1.83 bits per heavy atom. The van der Waals surface area contributed by atoms with Crippen LogP contribution >= 0.6 is 22.9 Å². The Balaban J connectivity index is 1.74. The molecule has 3 nitrogen and oxygen atoms in total. The standard InChI is InChI=1S/C19H17ClN2OS/c1-12-5-3-4-6-16(12)21-17(23)11-18-22-19(13(2)24-18)14-7-9-15(20)10-8-14/h3-10H,11H2,1-2H3,(H,21,23). The maximum Gasteiger partial charge on any atom is 0.231 e. The number of hydrogen-bond donors (Lipinski definition) is 1. The van der Waals surface area contributed by atoms with Crippen LogP contribution in [0.15, 0.2) is 48.5 Å². The minimum absolute atomic E-state index is 0.0549. The largest absolute Gasteiger partial charge is 0.325 e. The third kappa shape index (κ3) is 3.83. The Hall–Kier alpha value is -2.17. The van der Waals surface area contributed by atoms with Gasteiger partial charge in [0.15, 0.2) is 0 Å². The molecule has 1 heterocycles. The monoisotopic (exact) mass is 356 g/mol. The fraction of sp³-hybridized carbons (Fsp3) is 0.158. The molecule has 3 rings (SSSR count). The molecule has 0 spiro atoms. The summed E-state index contributed by atoms with van der Waals surface area (Å²) < 4.78 is 0. The number of nitrogens with zero attached hydrogens (tertiary/aromatic N) is 1. The molecule has 0 fully saturated rings. The predicted molar refractivity (Wildman–Crippen MR) is 101 cm³/mol. The van der Waals surface area contributed by atoms with Gasteiger partial charge in [-0.05, 0) is 37.6 Å². The minimum atomic E-state index is -0.0549. The molecule has 0 aliphatic rings. The number of anilines is 1. The van der Waals surface area contributed by atoms with Crippen molar-refractivity contribution in [3.05, 3.63) is 69.0 Å². The van der Waals surface area contributed by atoms with Gasteiger partial charge in [-0.15, -0.1) is 11.3 Å². The molecule has 1 amide bonds. The van der Waals surface area contributed by atoms with Crippen LogP contribution in [0.1, 0.15) is 15.4 Å². The summed E-state index contributed by atoms with van der Waals surface area (Å²) in [6, 6.07) is 15.3.